The van der Waals surface area contributed by atoms with Crippen LogP contribution in [0.15, 0.2) is 48.5 Å². The minimum absolute atomic E-state index is 0.0312. The van der Waals surface area contributed by atoms with Crippen LogP contribution in [0.3, 0.4) is 0 Å². The Kier molecular flexibility index (Phi) is 7.75. The average Bonchev–Trinajstić information content (AvgIpc) is 2.68. The maximum Gasteiger partial charge on any atom is 0.307 e. The highest BCUT2D eigenvalue weighted by atomic mass is 16.5. The van der Waals surface area contributed by atoms with Gasteiger partial charge in [-0.15, -0.1) is 0 Å². The second-order valence-corrected chi connectivity index (χ2v) is 6.34. The van der Waals surface area contributed by atoms with Crippen molar-refractivity contribution >= 4 is 23.3 Å². The third-order valence-corrected chi connectivity index (χ3v) is 4.05. The van der Waals surface area contributed by atoms with Gasteiger partial charge in [-0.25, -0.2) is 0 Å². The van der Waals surface area contributed by atoms with Crippen LogP contribution in [0.4, 0.5) is 5.69 Å². The Balaban J connectivity index is 1.83. The number of aryl methyl sites for hydroxylation is 1. The van der Waals surface area contributed by atoms with Crippen LogP contribution in [0.5, 0.6) is 5.75 Å². The fraction of sp³-hybridized carbons (Fsp3) is 0.318. The lowest BCUT2D eigenvalue weighted by molar-refractivity contribution is -0.153. The van der Waals surface area contributed by atoms with Crippen molar-refractivity contribution in [2.75, 3.05) is 11.9 Å². The van der Waals surface area contributed by atoms with Gasteiger partial charge in [0.15, 0.2) is 11.9 Å². The molecule has 2 aromatic carbocycles. The van der Waals surface area contributed by atoms with E-state index in [1.807, 2.05) is 26.0 Å². The molecule has 0 heterocycles. The number of nitrogens with one attached hydrogen (secondary N) is 1. The minimum Gasteiger partial charge on any atom is -0.492 e. The molecule has 0 unspecified atom stereocenters. The Hall–Kier alpha value is -3.15. The zero-order chi connectivity index (χ0) is 20.5. The van der Waals surface area contributed by atoms with Crippen molar-refractivity contribution in [1.82, 2.24) is 0 Å². The molecule has 0 aliphatic rings. The SMILES string of the molecule is CCOc1ccccc1NC(=O)[C@@H](C)OC(=O)CCC(=O)c1ccc(C)cc1. The first kappa shape index (κ1) is 21.2. The second-order valence-electron chi connectivity index (χ2n) is 6.34. The van der Waals surface area contributed by atoms with E-state index in [9.17, 15) is 14.4 Å². The largest absolute Gasteiger partial charge is 0.492 e. The molecule has 1 atom stereocenters. The lowest BCUT2D eigenvalue weighted by atomic mass is 10.1. The van der Waals surface area contributed by atoms with Gasteiger partial charge in [-0.05, 0) is 32.9 Å². The first-order chi connectivity index (χ1) is 13.4. The molecule has 148 valence electrons. The van der Waals surface area contributed by atoms with Crippen LogP contribution in [-0.4, -0.2) is 30.4 Å². The fourth-order valence-electron chi connectivity index (χ4n) is 2.49. The Labute approximate surface area is 164 Å². The van der Waals surface area contributed by atoms with Crippen LogP contribution in [0.2, 0.25) is 0 Å². The van der Waals surface area contributed by atoms with E-state index in [-0.39, 0.29) is 18.6 Å². The second kappa shape index (κ2) is 10.3. The number of benzene rings is 2. The molecule has 1 amide bonds. The van der Waals surface area contributed by atoms with Crippen LogP contribution < -0.4 is 10.1 Å². The Morgan fingerprint density at radius 1 is 1.00 bits per heavy atom. The van der Waals surface area contributed by atoms with E-state index in [0.717, 1.165) is 5.56 Å². The van der Waals surface area contributed by atoms with Crippen LogP contribution >= 0.6 is 0 Å². The van der Waals surface area contributed by atoms with E-state index in [1.54, 1.807) is 36.4 Å². The molecule has 0 saturated carbocycles. The van der Waals surface area contributed by atoms with E-state index in [4.69, 9.17) is 9.47 Å². The number of rotatable bonds is 9. The van der Waals surface area contributed by atoms with Crippen LogP contribution in [-0.2, 0) is 14.3 Å². The number of amides is 1. The van der Waals surface area contributed by atoms with E-state index < -0.39 is 18.0 Å². The topological polar surface area (TPSA) is 81.7 Å². The number of carbonyl (C=O) groups is 3. The molecule has 0 radical (unpaired) electrons. The van der Waals surface area contributed by atoms with E-state index in [2.05, 4.69) is 5.32 Å². The predicted molar refractivity (Wildman–Crippen MR) is 107 cm³/mol. The van der Waals surface area contributed by atoms with Crippen LogP contribution in [0, 0.1) is 6.92 Å². The van der Waals surface area contributed by atoms with Gasteiger partial charge in [0, 0.05) is 12.0 Å². The van der Waals surface area contributed by atoms with Crippen molar-refractivity contribution in [2.45, 2.75) is 39.7 Å². The zero-order valence-corrected chi connectivity index (χ0v) is 16.4. The highest BCUT2D eigenvalue weighted by Gasteiger charge is 2.20. The number of ether oxygens (including phenoxy) is 2. The van der Waals surface area contributed by atoms with Gasteiger partial charge in [0.25, 0.3) is 5.91 Å². The first-order valence-corrected chi connectivity index (χ1v) is 9.22. The lowest BCUT2D eigenvalue weighted by Crippen LogP contribution is -2.30. The zero-order valence-electron chi connectivity index (χ0n) is 16.4. The smallest absolute Gasteiger partial charge is 0.307 e. The Bertz CT molecular complexity index is 829. The lowest BCUT2D eigenvalue weighted by Gasteiger charge is -2.15. The summed E-state index contributed by atoms with van der Waals surface area (Å²) in [4.78, 5) is 36.4. The molecule has 0 fully saturated rings. The third-order valence-electron chi connectivity index (χ3n) is 4.05. The summed E-state index contributed by atoms with van der Waals surface area (Å²) in [6.45, 7) is 5.73. The normalized spacial score (nSPS) is 11.4. The molecule has 1 N–H and O–H groups in total. The predicted octanol–water partition coefficient (Wildman–Crippen LogP) is 3.93. The Morgan fingerprint density at radius 2 is 1.68 bits per heavy atom. The number of hydrogen-bond donors (Lipinski definition) is 1. The summed E-state index contributed by atoms with van der Waals surface area (Å²) in [5.41, 5.74) is 2.12. The van der Waals surface area contributed by atoms with Gasteiger partial charge < -0.3 is 14.8 Å². The molecule has 6 nitrogen and oxygen atoms in total. The monoisotopic (exact) mass is 383 g/mol. The number of Topliss-reactive ketones (excluding diaryl/α,β-unsaturated/α-hetero) is 1. The first-order valence-electron chi connectivity index (χ1n) is 9.22. The van der Waals surface area contributed by atoms with E-state index in [0.29, 0.717) is 23.6 Å². The van der Waals surface area contributed by atoms with E-state index >= 15 is 0 Å². The molecular weight excluding hydrogens is 358 g/mol. The number of para-hydroxylation sites is 2. The fourth-order valence-corrected chi connectivity index (χ4v) is 2.49. The number of hydrogen-bond acceptors (Lipinski definition) is 5. The molecule has 0 saturated heterocycles. The number of anilines is 1. The molecular formula is C22H25NO5. The third kappa shape index (κ3) is 6.23. The summed E-state index contributed by atoms with van der Waals surface area (Å²) in [7, 11) is 0. The molecule has 0 aliphatic carbocycles. The van der Waals surface area contributed by atoms with Crippen LogP contribution in [0.25, 0.3) is 0 Å². The van der Waals surface area contributed by atoms with Crippen molar-refractivity contribution in [1.29, 1.82) is 0 Å². The van der Waals surface area contributed by atoms with Crippen molar-refractivity contribution in [2.24, 2.45) is 0 Å². The van der Waals surface area contributed by atoms with Gasteiger partial charge >= 0.3 is 5.97 Å². The molecule has 28 heavy (non-hydrogen) atoms. The molecule has 0 aliphatic heterocycles. The van der Waals surface area contributed by atoms with Gasteiger partial charge in [-0.2, -0.15) is 0 Å². The van der Waals surface area contributed by atoms with Crippen molar-refractivity contribution in [3.8, 4) is 5.75 Å². The number of esters is 1. The summed E-state index contributed by atoms with van der Waals surface area (Å²) in [5, 5.41) is 2.69. The van der Waals surface area contributed by atoms with Gasteiger partial charge in [0.1, 0.15) is 5.75 Å². The average molecular weight is 383 g/mol. The summed E-state index contributed by atoms with van der Waals surface area (Å²) < 4.78 is 10.6. The quantitative estimate of drug-likeness (QED) is 0.524. The van der Waals surface area contributed by atoms with Gasteiger partial charge in [0.05, 0.1) is 18.7 Å². The standard InChI is InChI=1S/C22H25NO5/c1-4-27-20-8-6-5-7-18(20)23-22(26)16(3)28-21(25)14-13-19(24)17-11-9-15(2)10-12-17/h5-12,16H,4,13-14H2,1-3H3,(H,23,26)/t16-/m1/s1. The maximum absolute atomic E-state index is 12.3. The highest BCUT2D eigenvalue weighted by Crippen LogP contribution is 2.24. The molecule has 6 heteroatoms. The summed E-state index contributed by atoms with van der Waals surface area (Å²) in [6.07, 6.45) is -1.04. The minimum atomic E-state index is -0.989. The van der Waals surface area contributed by atoms with E-state index in [1.165, 1.54) is 6.92 Å². The molecule has 2 aromatic rings. The maximum atomic E-state index is 12.3. The molecule has 2 rings (SSSR count). The Morgan fingerprint density at radius 3 is 2.36 bits per heavy atom. The van der Waals surface area contributed by atoms with Crippen molar-refractivity contribution < 1.29 is 23.9 Å². The van der Waals surface area contributed by atoms with Gasteiger partial charge in [0.2, 0.25) is 0 Å². The highest BCUT2D eigenvalue weighted by molar-refractivity contribution is 5.98. The summed E-state index contributed by atoms with van der Waals surface area (Å²) >= 11 is 0. The summed E-state index contributed by atoms with van der Waals surface area (Å²) in [5.74, 6) is -0.660. The number of ketones is 1. The van der Waals surface area contributed by atoms with Crippen molar-refractivity contribution in [3.05, 3.63) is 59.7 Å². The molecule has 0 spiro atoms. The van der Waals surface area contributed by atoms with Crippen LogP contribution in [0.1, 0.15) is 42.6 Å². The van der Waals surface area contributed by atoms with Gasteiger partial charge in [-0.3, -0.25) is 14.4 Å². The van der Waals surface area contributed by atoms with Gasteiger partial charge in [-0.1, -0.05) is 42.0 Å². The van der Waals surface area contributed by atoms with Crippen molar-refractivity contribution in [3.63, 3.8) is 0 Å². The number of carbonyl (C=O) groups excluding carboxylic acids is 3. The molecule has 0 bridgehead atoms. The molecule has 0 aromatic heterocycles. The summed E-state index contributed by atoms with van der Waals surface area (Å²) in [6, 6.07) is 14.2.